The molecule has 1 rings (SSSR count). The summed E-state index contributed by atoms with van der Waals surface area (Å²) in [6, 6.07) is 0. The zero-order valence-corrected chi connectivity index (χ0v) is 11.5. The lowest BCUT2D eigenvalue weighted by Crippen LogP contribution is -2.58. The fourth-order valence-electron chi connectivity index (χ4n) is 2.37. The van der Waals surface area contributed by atoms with Crippen molar-refractivity contribution < 1.29 is 14.0 Å². The highest BCUT2D eigenvalue weighted by Gasteiger charge is 2.41. The van der Waals surface area contributed by atoms with Crippen LogP contribution in [0, 0.1) is 0 Å². The minimum atomic E-state index is -0.400. The molecular formula is C13H27N2O2+. The van der Waals surface area contributed by atoms with E-state index in [2.05, 4.69) is 0 Å². The van der Waals surface area contributed by atoms with Crippen LogP contribution in [0.15, 0.2) is 0 Å². The van der Waals surface area contributed by atoms with Gasteiger partial charge in [-0.1, -0.05) is 0 Å². The Balaban J connectivity index is 2.70. The maximum absolute atomic E-state index is 12.4. The van der Waals surface area contributed by atoms with E-state index >= 15 is 0 Å². The van der Waals surface area contributed by atoms with Crippen molar-refractivity contribution >= 4 is 6.09 Å². The Morgan fingerprint density at radius 1 is 1.24 bits per heavy atom. The van der Waals surface area contributed by atoms with Crippen LogP contribution >= 0.6 is 0 Å². The van der Waals surface area contributed by atoms with E-state index in [1.165, 1.54) is 6.42 Å². The average Bonchev–Trinajstić information content (AvgIpc) is 2.25. The van der Waals surface area contributed by atoms with Crippen molar-refractivity contribution in [3.8, 4) is 0 Å². The van der Waals surface area contributed by atoms with Gasteiger partial charge in [0.2, 0.25) is 0 Å². The smallest absolute Gasteiger partial charge is 0.414 e. The summed E-state index contributed by atoms with van der Waals surface area (Å²) in [7, 11) is 0. The van der Waals surface area contributed by atoms with Crippen LogP contribution < -0.4 is 5.73 Å². The molecule has 17 heavy (non-hydrogen) atoms. The Bertz CT molecular complexity index is 253. The number of quaternary nitrogens is 1. The van der Waals surface area contributed by atoms with Crippen molar-refractivity contribution in [2.75, 3.05) is 26.2 Å². The van der Waals surface area contributed by atoms with Crippen LogP contribution in [0.4, 0.5) is 4.79 Å². The van der Waals surface area contributed by atoms with Crippen LogP contribution in [0.25, 0.3) is 0 Å². The fraction of sp³-hybridized carbons (Fsp3) is 0.923. The summed E-state index contributed by atoms with van der Waals surface area (Å²) >= 11 is 0. The van der Waals surface area contributed by atoms with Gasteiger partial charge in [0.15, 0.2) is 0 Å². The quantitative estimate of drug-likeness (QED) is 0.774. The Morgan fingerprint density at radius 3 is 2.29 bits per heavy atom. The Labute approximate surface area is 105 Å². The van der Waals surface area contributed by atoms with E-state index in [0.29, 0.717) is 11.0 Å². The van der Waals surface area contributed by atoms with Gasteiger partial charge in [0, 0.05) is 6.42 Å². The minimum absolute atomic E-state index is 0.0642. The van der Waals surface area contributed by atoms with Gasteiger partial charge in [0.25, 0.3) is 0 Å². The third-order valence-corrected chi connectivity index (χ3v) is 3.24. The van der Waals surface area contributed by atoms with Gasteiger partial charge < -0.3 is 10.5 Å². The van der Waals surface area contributed by atoms with Crippen LogP contribution in [0.2, 0.25) is 0 Å². The molecule has 0 radical (unpaired) electrons. The lowest BCUT2D eigenvalue weighted by atomic mass is 10.1. The maximum Gasteiger partial charge on any atom is 0.516 e. The number of hydrogen-bond acceptors (Lipinski definition) is 3. The number of likely N-dealkylation sites (tertiary alicyclic amines) is 1. The number of carbonyl (C=O) groups excluding carboxylic acids is 1. The number of hydrogen-bond donors (Lipinski definition) is 1. The molecule has 1 aliphatic rings. The topological polar surface area (TPSA) is 52.3 Å². The first-order valence-electron chi connectivity index (χ1n) is 6.69. The molecule has 1 heterocycles. The first-order valence-corrected chi connectivity index (χ1v) is 6.69. The normalized spacial score (nSPS) is 20.0. The summed E-state index contributed by atoms with van der Waals surface area (Å²) < 4.78 is 6.05. The number of rotatable bonds is 3. The van der Waals surface area contributed by atoms with Crippen molar-refractivity contribution in [2.45, 2.75) is 52.1 Å². The third kappa shape index (κ3) is 4.28. The van der Waals surface area contributed by atoms with E-state index in [9.17, 15) is 4.79 Å². The molecule has 4 nitrogen and oxygen atoms in total. The molecule has 0 aromatic heterocycles. The molecule has 1 aliphatic heterocycles. The molecule has 0 bridgehead atoms. The number of amides is 1. The molecule has 0 unspecified atom stereocenters. The molecule has 0 aromatic carbocycles. The number of carbonyl (C=O) groups is 1. The summed E-state index contributed by atoms with van der Waals surface area (Å²) in [5.41, 5.74) is 5.17. The molecule has 0 aromatic rings. The van der Waals surface area contributed by atoms with Gasteiger partial charge in [-0.05, 0) is 46.6 Å². The summed E-state index contributed by atoms with van der Waals surface area (Å²) in [4.78, 5) is 12.4. The highest BCUT2D eigenvalue weighted by molar-refractivity contribution is 5.60. The lowest BCUT2D eigenvalue weighted by Gasteiger charge is -2.39. The molecule has 0 atom stereocenters. The zero-order valence-electron chi connectivity index (χ0n) is 11.5. The molecule has 1 fully saturated rings. The highest BCUT2D eigenvalue weighted by Crippen LogP contribution is 2.23. The van der Waals surface area contributed by atoms with E-state index in [4.69, 9.17) is 10.5 Å². The molecule has 0 spiro atoms. The first kappa shape index (κ1) is 14.5. The van der Waals surface area contributed by atoms with Crippen molar-refractivity contribution in [1.82, 2.24) is 0 Å². The van der Waals surface area contributed by atoms with Gasteiger partial charge >= 0.3 is 6.09 Å². The van der Waals surface area contributed by atoms with Gasteiger partial charge in [-0.3, -0.25) is 0 Å². The largest absolute Gasteiger partial charge is 0.516 e. The number of nitrogens with two attached hydrogens (primary N) is 1. The molecule has 1 amide bonds. The lowest BCUT2D eigenvalue weighted by molar-refractivity contribution is -0.863. The Kier molecular flexibility index (Phi) is 4.95. The molecule has 0 aliphatic carbocycles. The number of ether oxygens (including phenoxy) is 1. The Morgan fingerprint density at radius 2 is 1.82 bits per heavy atom. The van der Waals surface area contributed by atoms with Crippen molar-refractivity contribution in [2.24, 2.45) is 5.73 Å². The summed E-state index contributed by atoms with van der Waals surface area (Å²) in [5, 5.41) is 0. The van der Waals surface area contributed by atoms with E-state index in [0.717, 1.165) is 38.9 Å². The van der Waals surface area contributed by atoms with E-state index in [1.807, 2.05) is 20.8 Å². The second kappa shape index (κ2) is 5.83. The molecule has 4 heteroatoms. The van der Waals surface area contributed by atoms with Crippen LogP contribution in [0.5, 0.6) is 0 Å². The number of piperidine rings is 1. The summed E-state index contributed by atoms with van der Waals surface area (Å²) in [6.07, 6.45) is 4.28. The second-order valence-electron chi connectivity index (χ2n) is 6.00. The molecule has 2 N–H and O–H groups in total. The van der Waals surface area contributed by atoms with Gasteiger partial charge in [0.1, 0.15) is 5.60 Å². The predicted molar refractivity (Wildman–Crippen MR) is 68.6 cm³/mol. The molecular weight excluding hydrogens is 216 g/mol. The molecule has 1 saturated heterocycles. The van der Waals surface area contributed by atoms with Gasteiger partial charge in [-0.2, -0.15) is 4.79 Å². The van der Waals surface area contributed by atoms with Crippen LogP contribution in [-0.4, -0.2) is 42.4 Å². The van der Waals surface area contributed by atoms with Gasteiger partial charge in [0.05, 0.1) is 19.6 Å². The SMILES string of the molecule is CC(C)(C)OC(=O)[N+]1(CCCN)CCCCC1. The van der Waals surface area contributed by atoms with Gasteiger partial charge in [-0.25, -0.2) is 4.48 Å². The summed E-state index contributed by atoms with van der Waals surface area (Å²) in [5.74, 6) is 0. The van der Waals surface area contributed by atoms with Crippen LogP contribution in [0.3, 0.4) is 0 Å². The van der Waals surface area contributed by atoms with Gasteiger partial charge in [-0.15, -0.1) is 0 Å². The van der Waals surface area contributed by atoms with Crippen LogP contribution in [-0.2, 0) is 4.74 Å². The molecule has 100 valence electrons. The van der Waals surface area contributed by atoms with Crippen molar-refractivity contribution in [3.63, 3.8) is 0 Å². The van der Waals surface area contributed by atoms with E-state index in [1.54, 1.807) is 0 Å². The monoisotopic (exact) mass is 243 g/mol. The zero-order chi connectivity index (χ0) is 12.9. The first-order chi connectivity index (χ1) is 7.90. The highest BCUT2D eigenvalue weighted by atomic mass is 16.6. The molecule has 0 saturated carbocycles. The standard InChI is InChI=1S/C13H27N2O2/c1-13(2,3)17-12(16)15(11-7-8-14)9-5-4-6-10-15/h4-11,14H2,1-3H3/q+1. The van der Waals surface area contributed by atoms with Crippen LogP contribution in [0.1, 0.15) is 46.5 Å². The minimum Gasteiger partial charge on any atom is -0.414 e. The number of nitrogens with zero attached hydrogens (tertiary/aromatic N) is 1. The second-order valence-corrected chi connectivity index (χ2v) is 6.00. The van der Waals surface area contributed by atoms with Crippen molar-refractivity contribution in [3.05, 3.63) is 0 Å². The maximum atomic E-state index is 12.4. The Hall–Kier alpha value is -0.610. The third-order valence-electron chi connectivity index (χ3n) is 3.24. The van der Waals surface area contributed by atoms with E-state index < -0.39 is 5.60 Å². The van der Waals surface area contributed by atoms with Crippen molar-refractivity contribution in [1.29, 1.82) is 0 Å². The fourth-order valence-corrected chi connectivity index (χ4v) is 2.37. The van der Waals surface area contributed by atoms with E-state index in [-0.39, 0.29) is 6.09 Å². The summed E-state index contributed by atoms with van der Waals surface area (Å²) in [6.45, 7) is 9.06. The average molecular weight is 243 g/mol. The predicted octanol–water partition coefficient (Wildman–Crippen LogP) is 2.27.